The van der Waals surface area contributed by atoms with E-state index in [1.54, 1.807) is 12.1 Å². The summed E-state index contributed by atoms with van der Waals surface area (Å²) in [6.45, 7) is 0.729. The first kappa shape index (κ1) is 13.6. The number of rotatable bonds is 6. The first-order valence-electron chi connectivity index (χ1n) is 5.99. The second-order valence-electron chi connectivity index (χ2n) is 4.61. The molecule has 1 aliphatic carbocycles. The molecule has 1 amide bonds. The number of nitrogens with one attached hydrogen (secondary N) is 1. The average Bonchev–Trinajstić information content (AvgIpc) is 3.09. The molecule has 2 rings (SSSR count). The van der Waals surface area contributed by atoms with Crippen LogP contribution in [0.2, 0.25) is 5.02 Å². The highest BCUT2D eigenvalue weighted by atomic mass is 35.5. The Bertz CT molecular complexity index is 460. The Balaban J connectivity index is 1.75. The van der Waals surface area contributed by atoms with Crippen LogP contribution in [0.1, 0.15) is 18.4 Å². The fourth-order valence-electron chi connectivity index (χ4n) is 1.64. The quantitative estimate of drug-likeness (QED) is 0.870. The summed E-state index contributed by atoms with van der Waals surface area (Å²) in [7, 11) is -1.17. The highest BCUT2D eigenvalue weighted by molar-refractivity contribution is 7.84. The second-order valence-corrected chi connectivity index (χ2v) is 6.50. The van der Waals surface area contributed by atoms with Crippen molar-refractivity contribution in [3.63, 3.8) is 0 Å². The lowest BCUT2D eigenvalue weighted by Crippen LogP contribution is -2.30. The Kier molecular flexibility index (Phi) is 4.78. The number of hydrogen-bond acceptors (Lipinski definition) is 2. The molecular weight excluding hydrogens is 270 g/mol. The third-order valence-corrected chi connectivity index (χ3v) is 4.27. The first-order valence-corrected chi connectivity index (χ1v) is 7.86. The van der Waals surface area contributed by atoms with Crippen LogP contribution >= 0.6 is 11.6 Å². The molecule has 0 aromatic heterocycles. The molecule has 1 aliphatic rings. The summed E-state index contributed by atoms with van der Waals surface area (Å²) >= 11 is 5.85. The monoisotopic (exact) mass is 285 g/mol. The third kappa shape index (κ3) is 4.78. The molecule has 1 aromatic rings. The van der Waals surface area contributed by atoms with Crippen LogP contribution in [0, 0.1) is 5.92 Å². The molecule has 0 bridgehead atoms. The lowest BCUT2D eigenvalue weighted by Gasteiger charge is -2.05. The Morgan fingerprint density at radius 2 is 2.22 bits per heavy atom. The molecule has 0 saturated heterocycles. The molecule has 0 spiro atoms. The van der Waals surface area contributed by atoms with Gasteiger partial charge in [-0.3, -0.25) is 9.00 Å². The van der Waals surface area contributed by atoms with E-state index in [1.807, 2.05) is 12.1 Å². The molecule has 1 aromatic carbocycles. The van der Waals surface area contributed by atoms with Crippen LogP contribution in [0.4, 0.5) is 0 Å². The molecule has 1 unspecified atom stereocenters. The van der Waals surface area contributed by atoms with Crippen molar-refractivity contribution < 1.29 is 9.00 Å². The van der Waals surface area contributed by atoms with Crippen molar-refractivity contribution in [3.8, 4) is 0 Å². The zero-order valence-electron chi connectivity index (χ0n) is 10.0. The van der Waals surface area contributed by atoms with Crippen molar-refractivity contribution in [2.45, 2.75) is 18.6 Å². The standard InChI is InChI=1S/C13H16ClNO2S/c14-12-3-1-2-11(6-12)8-18(17)9-13(16)15-7-10-4-5-10/h1-3,6,10H,4-5,7-9H2,(H,15,16). The highest BCUT2D eigenvalue weighted by Crippen LogP contribution is 2.27. The van der Waals surface area contributed by atoms with Crippen molar-refractivity contribution in [1.82, 2.24) is 5.32 Å². The maximum absolute atomic E-state index is 11.8. The molecule has 0 aliphatic heterocycles. The molecule has 18 heavy (non-hydrogen) atoms. The predicted octanol–water partition coefficient (Wildman–Crippen LogP) is 2.11. The minimum Gasteiger partial charge on any atom is -0.355 e. The maximum Gasteiger partial charge on any atom is 0.232 e. The van der Waals surface area contributed by atoms with E-state index >= 15 is 0 Å². The van der Waals surface area contributed by atoms with Crippen LogP contribution in [0.5, 0.6) is 0 Å². The molecule has 1 saturated carbocycles. The molecule has 0 radical (unpaired) electrons. The lowest BCUT2D eigenvalue weighted by atomic mass is 10.2. The van der Waals surface area contributed by atoms with Gasteiger partial charge in [0.05, 0.1) is 0 Å². The van der Waals surface area contributed by atoms with Crippen molar-refractivity contribution in [2.24, 2.45) is 5.92 Å². The smallest absolute Gasteiger partial charge is 0.232 e. The largest absolute Gasteiger partial charge is 0.355 e. The third-order valence-electron chi connectivity index (χ3n) is 2.79. The fraction of sp³-hybridized carbons (Fsp3) is 0.462. The van der Waals surface area contributed by atoms with Crippen molar-refractivity contribution in [2.75, 3.05) is 12.3 Å². The normalized spacial score (nSPS) is 16.3. The van der Waals surface area contributed by atoms with E-state index in [2.05, 4.69) is 5.32 Å². The Morgan fingerprint density at radius 1 is 1.44 bits per heavy atom. The molecule has 98 valence electrons. The molecule has 0 heterocycles. The van der Waals surface area contributed by atoms with Crippen LogP contribution < -0.4 is 5.32 Å². The number of amides is 1. The summed E-state index contributed by atoms with van der Waals surface area (Å²) in [6, 6.07) is 7.24. The van der Waals surface area contributed by atoms with Gasteiger partial charge >= 0.3 is 0 Å². The van der Waals surface area contributed by atoms with Gasteiger partial charge in [-0.2, -0.15) is 0 Å². The van der Waals surface area contributed by atoms with E-state index in [4.69, 9.17) is 11.6 Å². The van der Waals surface area contributed by atoms with Gasteiger partial charge in [0.15, 0.2) is 0 Å². The van der Waals surface area contributed by atoms with E-state index in [0.717, 1.165) is 12.1 Å². The van der Waals surface area contributed by atoms with Crippen LogP contribution in [-0.4, -0.2) is 22.4 Å². The van der Waals surface area contributed by atoms with Crippen LogP contribution in [0.15, 0.2) is 24.3 Å². The Hall–Kier alpha value is -0.870. The zero-order chi connectivity index (χ0) is 13.0. The Morgan fingerprint density at radius 3 is 2.89 bits per heavy atom. The summed E-state index contributed by atoms with van der Waals surface area (Å²) in [4.78, 5) is 11.5. The van der Waals surface area contributed by atoms with Crippen molar-refractivity contribution >= 4 is 28.3 Å². The SMILES string of the molecule is O=C(CS(=O)Cc1cccc(Cl)c1)NCC1CC1. The van der Waals surface area contributed by atoms with E-state index in [-0.39, 0.29) is 11.7 Å². The first-order chi connectivity index (χ1) is 8.63. The molecular formula is C13H16ClNO2S. The van der Waals surface area contributed by atoms with Gasteiger partial charge in [0.25, 0.3) is 0 Å². The minimum absolute atomic E-state index is 0.0687. The van der Waals surface area contributed by atoms with Gasteiger partial charge in [-0.1, -0.05) is 23.7 Å². The molecule has 1 N–H and O–H groups in total. The minimum atomic E-state index is -1.17. The second kappa shape index (κ2) is 6.34. The van der Waals surface area contributed by atoms with Gasteiger partial charge < -0.3 is 5.32 Å². The highest BCUT2D eigenvalue weighted by Gasteiger charge is 2.21. The van der Waals surface area contributed by atoms with Crippen LogP contribution in [-0.2, 0) is 21.3 Å². The van der Waals surface area contributed by atoms with E-state index in [1.165, 1.54) is 12.8 Å². The van der Waals surface area contributed by atoms with Crippen molar-refractivity contribution in [3.05, 3.63) is 34.9 Å². The van der Waals surface area contributed by atoms with Gasteiger partial charge in [-0.25, -0.2) is 0 Å². The summed E-state index contributed by atoms with van der Waals surface area (Å²) in [5.74, 6) is 0.967. The van der Waals surface area contributed by atoms with Gasteiger partial charge in [-0.05, 0) is 36.5 Å². The number of carbonyl (C=O) groups is 1. The molecule has 3 nitrogen and oxygen atoms in total. The van der Waals surface area contributed by atoms with Crippen molar-refractivity contribution in [1.29, 1.82) is 0 Å². The topological polar surface area (TPSA) is 46.2 Å². The van der Waals surface area contributed by atoms with Crippen LogP contribution in [0.25, 0.3) is 0 Å². The molecule has 5 heteroatoms. The molecule has 1 atom stereocenters. The van der Waals surface area contributed by atoms with Crippen LogP contribution in [0.3, 0.4) is 0 Å². The number of carbonyl (C=O) groups excluding carboxylic acids is 1. The summed E-state index contributed by atoms with van der Waals surface area (Å²) in [5, 5.41) is 3.44. The zero-order valence-corrected chi connectivity index (χ0v) is 11.6. The van der Waals surface area contributed by atoms with Gasteiger partial charge in [0.1, 0.15) is 5.75 Å². The van der Waals surface area contributed by atoms with E-state index < -0.39 is 10.8 Å². The van der Waals surface area contributed by atoms with Gasteiger partial charge in [0, 0.05) is 28.1 Å². The number of hydrogen-bond donors (Lipinski definition) is 1. The number of halogens is 1. The summed E-state index contributed by atoms with van der Waals surface area (Å²) < 4.78 is 11.8. The van der Waals surface area contributed by atoms with Gasteiger partial charge in [0.2, 0.25) is 5.91 Å². The number of benzene rings is 1. The predicted molar refractivity (Wildman–Crippen MR) is 73.9 cm³/mol. The Labute approximate surface area is 114 Å². The summed E-state index contributed by atoms with van der Waals surface area (Å²) in [5.41, 5.74) is 0.899. The van der Waals surface area contributed by atoms with E-state index in [0.29, 0.717) is 16.7 Å². The molecule has 1 fully saturated rings. The fourth-order valence-corrected chi connectivity index (χ4v) is 2.90. The average molecular weight is 286 g/mol. The summed E-state index contributed by atoms with van der Waals surface area (Å²) in [6.07, 6.45) is 2.40. The van der Waals surface area contributed by atoms with E-state index in [9.17, 15) is 9.00 Å². The maximum atomic E-state index is 11.8. The lowest BCUT2D eigenvalue weighted by molar-refractivity contribution is -0.118. The van der Waals surface area contributed by atoms with Gasteiger partial charge in [-0.15, -0.1) is 0 Å².